The van der Waals surface area contributed by atoms with Gasteiger partial charge < -0.3 is 15.4 Å². The van der Waals surface area contributed by atoms with Gasteiger partial charge in [-0.15, -0.1) is 0 Å². The maximum absolute atomic E-state index is 13.9. The van der Waals surface area contributed by atoms with Crippen LogP contribution in [-0.4, -0.2) is 28.9 Å². The van der Waals surface area contributed by atoms with Crippen molar-refractivity contribution in [1.82, 2.24) is 9.88 Å². The topological polar surface area (TPSA) is 63.7 Å². The molecule has 0 bridgehead atoms. The van der Waals surface area contributed by atoms with E-state index in [2.05, 4.69) is 9.98 Å². The number of halogens is 4. The smallest absolute Gasteiger partial charge is 0.405 e. The van der Waals surface area contributed by atoms with E-state index >= 15 is 0 Å². The number of pyridine rings is 1. The molecular formula is C15H12F4N4O. The van der Waals surface area contributed by atoms with Crippen LogP contribution in [0.15, 0.2) is 35.5 Å². The van der Waals surface area contributed by atoms with Crippen molar-refractivity contribution in [2.24, 2.45) is 4.99 Å². The Morgan fingerprint density at radius 3 is 2.71 bits per heavy atom. The third-order valence-corrected chi connectivity index (χ3v) is 3.25. The van der Waals surface area contributed by atoms with E-state index in [9.17, 15) is 17.6 Å². The van der Waals surface area contributed by atoms with Crippen LogP contribution in [0.3, 0.4) is 0 Å². The summed E-state index contributed by atoms with van der Waals surface area (Å²) in [5.41, 5.74) is 6.05. The summed E-state index contributed by atoms with van der Waals surface area (Å²) < 4.78 is 57.0. The van der Waals surface area contributed by atoms with Crippen molar-refractivity contribution in [2.45, 2.75) is 12.7 Å². The molecule has 5 nitrogen and oxygen atoms in total. The molecule has 0 saturated heterocycles. The Bertz CT molecular complexity index is 792. The number of ether oxygens (including phenoxy) is 1. The molecule has 24 heavy (non-hydrogen) atoms. The molecule has 1 aromatic heterocycles. The Labute approximate surface area is 134 Å². The van der Waals surface area contributed by atoms with E-state index in [0.29, 0.717) is 5.56 Å². The molecule has 2 heterocycles. The maximum atomic E-state index is 13.9. The van der Waals surface area contributed by atoms with Crippen molar-refractivity contribution in [3.63, 3.8) is 0 Å². The van der Waals surface area contributed by atoms with Crippen molar-refractivity contribution in [1.29, 1.82) is 0 Å². The normalized spacial score (nSPS) is 13.8. The molecular weight excluding hydrogens is 328 g/mol. The molecule has 0 atom stereocenters. The molecule has 0 saturated carbocycles. The fourth-order valence-electron chi connectivity index (χ4n) is 2.25. The molecule has 0 amide bonds. The molecule has 0 aliphatic carbocycles. The Morgan fingerprint density at radius 2 is 2.00 bits per heavy atom. The summed E-state index contributed by atoms with van der Waals surface area (Å²) in [4.78, 5) is 8.87. The molecule has 0 fully saturated rings. The van der Waals surface area contributed by atoms with Gasteiger partial charge in [0.05, 0.1) is 18.4 Å². The number of alkyl halides is 3. The van der Waals surface area contributed by atoms with E-state index < -0.39 is 18.5 Å². The number of nitrogens with zero attached hydrogens (tertiary/aromatic N) is 3. The van der Waals surface area contributed by atoms with E-state index in [1.54, 1.807) is 0 Å². The van der Waals surface area contributed by atoms with Gasteiger partial charge >= 0.3 is 6.18 Å². The van der Waals surface area contributed by atoms with Crippen LogP contribution < -0.4 is 10.5 Å². The van der Waals surface area contributed by atoms with Gasteiger partial charge in [0, 0.05) is 18.0 Å². The Hall–Kier alpha value is -2.84. The standard InChI is InChI=1S/C15H12F4N4O/c16-11-5-9(20)1-2-13(11)24-12-3-4-21-14-10(12)6-23(8-22-14)7-15(17,18)19/h1-5,8H,6-7,20H2. The number of benzene rings is 1. The van der Waals surface area contributed by atoms with E-state index in [1.165, 1.54) is 24.4 Å². The fraction of sp³-hybridized carbons (Fsp3) is 0.200. The molecule has 0 unspecified atom stereocenters. The van der Waals surface area contributed by atoms with Crippen LogP contribution in [0.25, 0.3) is 0 Å². The number of hydrogen-bond donors (Lipinski definition) is 1. The summed E-state index contributed by atoms with van der Waals surface area (Å²) in [6, 6.07) is 5.34. The summed E-state index contributed by atoms with van der Waals surface area (Å²) in [6.07, 6.45) is -1.90. The highest BCUT2D eigenvalue weighted by Crippen LogP contribution is 2.35. The zero-order valence-electron chi connectivity index (χ0n) is 12.2. The molecule has 126 valence electrons. The van der Waals surface area contributed by atoms with Crippen LogP contribution in [-0.2, 0) is 6.54 Å². The SMILES string of the molecule is Nc1ccc(Oc2ccnc3c2CN(CC(F)(F)F)C=N3)c(F)c1. The van der Waals surface area contributed by atoms with Crippen LogP contribution in [0, 0.1) is 5.82 Å². The number of nitrogen functional groups attached to an aromatic ring is 1. The molecule has 0 spiro atoms. The van der Waals surface area contributed by atoms with Gasteiger partial charge in [0.1, 0.15) is 12.3 Å². The third-order valence-electron chi connectivity index (χ3n) is 3.25. The summed E-state index contributed by atoms with van der Waals surface area (Å²) >= 11 is 0. The number of anilines is 1. The summed E-state index contributed by atoms with van der Waals surface area (Å²) in [6.45, 7) is -1.25. The minimum absolute atomic E-state index is 0.0884. The number of rotatable bonds is 3. The van der Waals surface area contributed by atoms with Crippen LogP contribution in [0.4, 0.5) is 29.1 Å². The number of fused-ring (bicyclic) bond motifs is 1. The zero-order chi connectivity index (χ0) is 17.3. The average Bonchev–Trinajstić information content (AvgIpc) is 2.49. The maximum Gasteiger partial charge on any atom is 0.405 e. The van der Waals surface area contributed by atoms with Crippen LogP contribution in [0.5, 0.6) is 11.5 Å². The largest absolute Gasteiger partial charge is 0.454 e. The summed E-state index contributed by atoms with van der Waals surface area (Å²) in [5.74, 6) is -0.337. The first-order valence-corrected chi connectivity index (χ1v) is 6.87. The lowest BCUT2D eigenvalue weighted by atomic mass is 10.2. The van der Waals surface area contributed by atoms with Crippen molar-refractivity contribution >= 4 is 17.8 Å². The Kier molecular flexibility index (Phi) is 4.00. The first kappa shape index (κ1) is 16.0. The summed E-state index contributed by atoms with van der Waals surface area (Å²) in [7, 11) is 0. The lowest BCUT2D eigenvalue weighted by molar-refractivity contribution is -0.138. The number of hydrogen-bond acceptors (Lipinski definition) is 5. The predicted molar refractivity (Wildman–Crippen MR) is 79.7 cm³/mol. The quantitative estimate of drug-likeness (QED) is 0.684. The first-order chi connectivity index (χ1) is 11.3. The van der Waals surface area contributed by atoms with Gasteiger partial charge in [-0.3, -0.25) is 0 Å². The lowest BCUT2D eigenvalue weighted by Crippen LogP contribution is -2.34. The predicted octanol–water partition coefficient (Wildman–Crippen LogP) is 3.63. The fourth-order valence-corrected chi connectivity index (χ4v) is 2.25. The van der Waals surface area contributed by atoms with Crippen molar-refractivity contribution in [3.8, 4) is 11.5 Å². The number of nitrogens with two attached hydrogens (primary N) is 1. The second kappa shape index (κ2) is 5.99. The van der Waals surface area contributed by atoms with E-state index in [4.69, 9.17) is 10.5 Å². The average molecular weight is 340 g/mol. The monoisotopic (exact) mass is 340 g/mol. The van der Waals surface area contributed by atoms with Crippen molar-refractivity contribution < 1.29 is 22.3 Å². The van der Waals surface area contributed by atoms with Crippen molar-refractivity contribution in [3.05, 3.63) is 41.8 Å². The van der Waals surface area contributed by atoms with E-state index in [1.807, 2.05) is 0 Å². The Balaban J connectivity index is 1.88. The summed E-state index contributed by atoms with van der Waals surface area (Å²) in [5, 5.41) is 0. The molecule has 2 aromatic rings. The van der Waals surface area contributed by atoms with Crippen LogP contribution in [0.2, 0.25) is 0 Å². The molecule has 1 aromatic carbocycles. The lowest BCUT2D eigenvalue weighted by Gasteiger charge is -2.26. The Morgan fingerprint density at radius 1 is 1.21 bits per heavy atom. The first-order valence-electron chi connectivity index (χ1n) is 6.87. The second-order valence-corrected chi connectivity index (χ2v) is 5.17. The van der Waals surface area contributed by atoms with Gasteiger partial charge in [-0.25, -0.2) is 14.4 Å². The highest BCUT2D eigenvalue weighted by molar-refractivity contribution is 5.67. The highest BCUT2D eigenvalue weighted by atomic mass is 19.4. The molecule has 3 rings (SSSR count). The molecule has 1 aliphatic heterocycles. The van der Waals surface area contributed by atoms with Crippen LogP contribution >= 0.6 is 0 Å². The zero-order valence-corrected chi connectivity index (χ0v) is 12.2. The van der Waals surface area contributed by atoms with E-state index in [0.717, 1.165) is 17.3 Å². The minimum atomic E-state index is -4.37. The molecule has 2 N–H and O–H groups in total. The van der Waals surface area contributed by atoms with Gasteiger partial charge in [0.2, 0.25) is 0 Å². The van der Waals surface area contributed by atoms with Gasteiger partial charge in [0.15, 0.2) is 17.4 Å². The number of aliphatic imine (C=N–C) groups is 1. The molecule has 0 radical (unpaired) electrons. The van der Waals surface area contributed by atoms with Crippen molar-refractivity contribution in [2.75, 3.05) is 12.3 Å². The minimum Gasteiger partial charge on any atom is -0.454 e. The van der Waals surface area contributed by atoms with Gasteiger partial charge in [0.25, 0.3) is 0 Å². The van der Waals surface area contributed by atoms with Gasteiger partial charge in [-0.1, -0.05) is 0 Å². The molecule has 9 heteroatoms. The van der Waals surface area contributed by atoms with Gasteiger partial charge in [-0.2, -0.15) is 13.2 Å². The highest BCUT2D eigenvalue weighted by Gasteiger charge is 2.32. The number of aromatic nitrogens is 1. The van der Waals surface area contributed by atoms with Crippen LogP contribution in [0.1, 0.15) is 5.56 Å². The van der Waals surface area contributed by atoms with Gasteiger partial charge in [-0.05, 0) is 18.2 Å². The van der Waals surface area contributed by atoms with E-state index in [-0.39, 0.29) is 29.5 Å². The molecule has 1 aliphatic rings. The second-order valence-electron chi connectivity index (χ2n) is 5.17. The third kappa shape index (κ3) is 3.55.